The number of likely N-dealkylation sites (N-methyl/N-ethyl adjacent to an activating group) is 1. The number of benzene rings is 1. The lowest BCUT2D eigenvalue weighted by Crippen LogP contribution is -2.20. The molecule has 0 amide bonds. The number of nitrogens with zero attached hydrogens (tertiary/aromatic N) is 2. The lowest BCUT2D eigenvalue weighted by molar-refractivity contribution is 0.330. The first-order chi connectivity index (χ1) is 8.74. The summed E-state index contributed by atoms with van der Waals surface area (Å²) in [5.41, 5.74) is 2.49. The van der Waals surface area contributed by atoms with Crippen molar-refractivity contribution in [1.29, 1.82) is 0 Å². The summed E-state index contributed by atoms with van der Waals surface area (Å²) in [6.45, 7) is 1.99. The topological polar surface area (TPSA) is 16.1 Å². The van der Waals surface area contributed by atoms with Crippen LogP contribution < -0.4 is 0 Å². The normalized spacial score (nSPS) is 10.8. The molecule has 0 spiro atoms. The van der Waals surface area contributed by atoms with Crippen molar-refractivity contribution in [3.05, 3.63) is 64.4 Å². The van der Waals surface area contributed by atoms with Crippen molar-refractivity contribution in [2.24, 2.45) is 0 Å². The minimum atomic E-state index is 0.972. The third-order valence-corrected chi connectivity index (χ3v) is 3.37. The van der Waals surface area contributed by atoms with E-state index in [0.29, 0.717) is 0 Å². The van der Waals surface area contributed by atoms with Gasteiger partial charge in [-0.2, -0.15) is 0 Å². The third-order valence-electron chi connectivity index (χ3n) is 2.84. The smallest absolute Gasteiger partial charge is 0.0416 e. The molecule has 0 fully saturated rings. The maximum Gasteiger partial charge on any atom is 0.0416 e. The van der Waals surface area contributed by atoms with Crippen LogP contribution in [-0.4, -0.2) is 23.5 Å². The van der Waals surface area contributed by atoms with Crippen LogP contribution in [0.5, 0.6) is 0 Å². The van der Waals surface area contributed by atoms with Crippen molar-refractivity contribution in [3.8, 4) is 0 Å². The zero-order chi connectivity index (χ0) is 12.8. The Bertz CT molecular complexity index is 468. The summed E-state index contributed by atoms with van der Waals surface area (Å²) in [6.07, 6.45) is 2.85. The summed E-state index contributed by atoms with van der Waals surface area (Å²) in [7, 11) is 2.14. The molecule has 1 heterocycles. The molecule has 0 aliphatic heterocycles. The second-order valence-corrected chi connectivity index (χ2v) is 5.35. The summed E-state index contributed by atoms with van der Waals surface area (Å²) in [4.78, 5) is 6.65. The minimum Gasteiger partial charge on any atom is -0.302 e. The van der Waals surface area contributed by atoms with Gasteiger partial charge < -0.3 is 4.90 Å². The van der Waals surface area contributed by atoms with E-state index in [1.165, 1.54) is 5.56 Å². The van der Waals surface area contributed by atoms with Gasteiger partial charge >= 0.3 is 0 Å². The molecular weight excluding hydrogens is 288 g/mol. The van der Waals surface area contributed by atoms with Gasteiger partial charge in [0.2, 0.25) is 0 Å². The average Bonchev–Trinajstić information content (AvgIpc) is 2.40. The Morgan fingerprint density at radius 1 is 1.11 bits per heavy atom. The predicted octanol–water partition coefficient (Wildman–Crippen LogP) is 3.52. The first-order valence-electron chi connectivity index (χ1n) is 6.07. The maximum atomic E-state index is 4.34. The van der Waals surface area contributed by atoms with Gasteiger partial charge in [-0.25, -0.2) is 0 Å². The van der Waals surface area contributed by atoms with Crippen LogP contribution in [0.2, 0.25) is 0 Å². The highest BCUT2D eigenvalue weighted by molar-refractivity contribution is 9.10. The van der Waals surface area contributed by atoms with E-state index in [9.17, 15) is 0 Å². The van der Waals surface area contributed by atoms with Crippen molar-refractivity contribution >= 4 is 15.9 Å². The molecule has 0 saturated carbocycles. The van der Waals surface area contributed by atoms with Gasteiger partial charge in [0, 0.05) is 35.9 Å². The second kappa shape index (κ2) is 6.66. The highest BCUT2D eigenvalue weighted by Crippen LogP contribution is 2.11. The van der Waals surface area contributed by atoms with E-state index in [2.05, 4.69) is 63.2 Å². The fourth-order valence-electron chi connectivity index (χ4n) is 1.83. The Morgan fingerprint density at radius 2 is 1.89 bits per heavy atom. The molecule has 0 N–H and O–H groups in total. The number of pyridine rings is 1. The molecule has 0 aliphatic carbocycles. The van der Waals surface area contributed by atoms with Gasteiger partial charge in [-0.1, -0.05) is 34.1 Å². The summed E-state index contributed by atoms with van der Waals surface area (Å²) in [5.74, 6) is 0. The molecular formula is C15H17BrN2. The fourth-order valence-corrected chi connectivity index (χ4v) is 2.10. The van der Waals surface area contributed by atoms with Gasteiger partial charge in [0.1, 0.15) is 0 Å². The lowest BCUT2D eigenvalue weighted by atomic mass is 10.2. The highest BCUT2D eigenvalue weighted by atomic mass is 79.9. The van der Waals surface area contributed by atoms with Crippen LogP contribution in [0.25, 0.3) is 0 Å². The number of hydrogen-bond donors (Lipinski definition) is 0. The van der Waals surface area contributed by atoms with Crippen molar-refractivity contribution in [2.45, 2.75) is 13.0 Å². The van der Waals surface area contributed by atoms with Crippen molar-refractivity contribution < 1.29 is 0 Å². The fraction of sp³-hybridized carbons (Fsp3) is 0.267. The second-order valence-electron chi connectivity index (χ2n) is 4.44. The molecule has 94 valence electrons. The van der Waals surface area contributed by atoms with Crippen LogP contribution in [0.3, 0.4) is 0 Å². The van der Waals surface area contributed by atoms with Gasteiger partial charge in [0.15, 0.2) is 0 Å². The minimum absolute atomic E-state index is 0.972. The van der Waals surface area contributed by atoms with E-state index < -0.39 is 0 Å². The number of halogens is 1. The highest BCUT2D eigenvalue weighted by Gasteiger charge is 2.01. The van der Waals surface area contributed by atoms with E-state index >= 15 is 0 Å². The predicted molar refractivity (Wildman–Crippen MR) is 78.4 cm³/mol. The lowest BCUT2D eigenvalue weighted by Gasteiger charge is -2.16. The van der Waals surface area contributed by atoms with Crippen molar-refractivity contribution in [1.82, 2.24) is 9.88 Å². The zero-order valence-corrected chi connectivity index (χ0v) is 12.1. The van der Waals surface area contributed by atoms with Crippen molar-refractivity contribution in [3.63, 3.8) is 0 Å². The molecule has 0 bridgehead atoms. The molecule has 0 atom stereocenters. The van der Waals surface area contributed by atoms with Crippen LogP contribution in [0.4, 0.5) is 0 Å². The first-order valence-corrected chi connectivity index (χ1v) is 6.86. The number of hydrogen-bond acceptors (Lipinski definition) is 2. The third kappa shape index (κ3) is 4.24. The van der Waals surface area contributed by atoms with Gasteiger partial charge in [0.05, 0.1) is 0 Å². The molecule has 18 heavy (non-hydrogen) atoms. The standard InChI is InChI=1S/C15H17BrN2/c1-18(11-9-15-4-2-3-10-17-15)12-13-5-7-14(16)8-6-13/h2-8,10H,9,11-12H2,1H3. The van der Waals surface area contributed by atoms with Gasteiger partial charge in [0.25, 0.3) is 0 Å². The summed E-state index contributed by atoms with van der Waals surface area (Å²) in [5, 5.41) is 0. The summed E-state index contributed by atoms with van der Waals surface area (Å²) in [6, 6.07) is 14.5. The molecule has 2 aromatic rings. The molecule has 0 saturated heterocycles. The Kier molecular flexibility index (Phi) is 4.90. The van der Waals surface area contributed by atoms with Crippen LogP contribution in [0.15, 0.2) is 53.1 Å². The Hall–Kier alpha value is -1.19. The molecule has 0 radical (unpaired) electrons. The SMILES string of the molecule is CN(CCc1ccccn1)Cc1ccc(Br)cc1. The molecule has 2 rings (SSSR count). The zero-order valence-electron chi connectivity index (χ0n) is 10.5. The first kappa shape index (κ1) is 13.2. The largest absolute Gasteiger partial charge is 0.302 e. The van der Waals surface area contributed by atoms with Crippen LogP contribution in [-0.2, 0) is 13.0 Å². The number of aromatic nitrogens is 1. The Balaban J connectivity index is 1.82. The van der Waals surface area contributed by atoms with E-state index in [-0.39, 0.29) is 0 Å². The van der Waals surface area contributed by atoms with Gasteiger partial charge in [-0.15, -0.1) is 0 Å². The quantitative estimate of drug-likeness (QED) is 0.840. The number of rotatable bonds is 5. The molecule has 0 unspecified atom stereocenters. The maximum absolute atomic E-state index is 4.34. The molecule has 3 heteroatoms. The molecule has 0 aliphatic rings. The van der Waals surface area contributed by atoms with E-state index in [0.717, 1.165) is 29.7 Å². The summed E-state index contributed by atoms with van der Waals surface area (Å²) < 4.78 is 1.13. The van der Waals surface area contributed by atoms with E-state index in [4.69, 9.17) is 0 Å². The van der Waals surface area contributed by atoms with Gasteiger partial charge in [-0.3, -0.25) is 4.98 Å². The van der Waals surface area contributed by atoms with E-state index in [1.54, 1.807) is 0 Å². The van der Waals surface area contributed by atoms with Crippen LogP contribution in [0.1, 0.15) is 11.3 Å². The molecule has 1 aromatic heterocycles. The summed E-state index contributed by atoms with van der Waals surface area (Å²) >= 11 is 3.45. The van der Waals surface area contributed by atoms with Crippen LogP contribution >= 0.6 is 15.9 Å². The Morgan fingerprint density at radius 3 is 2.56 bits per heavy atom. The van der Waals surface area contributed by atoms with Crippen LogP contribution in [0, 0.1) is 0 Å². The molecule has 1 aromatic carbocycles. The molecule has 2 nitrogen and oxygen atoms in total. The van der Waals surface area contributed by atoms with Gasteiger partial charge in [-0.05, 0) is 36.9 Å². The monoisotopic (exact) mass is 304 g/mol. The average molecular weight is 305 g/mol. The van der Waals surface area contributed by atoms with Crippen molar-refractivity contribution in [2.75, 3.05) is 13.6 Å². The van der Waals surface area contributed by atoms with E-state index in [1.807, 2.05) is 18.3 Å². The Labute approximate surface area is 117 Å².